The highest BCUT2D eigenvalue weighted by Gasteiger charge is 2.12. The second-order valence-corrected chi connectivity index (χ2v) is 4.30. The third kappa shape index (κ3) is 1.61. The molecule has 0 saturated carbocycles. The van der Waals surface area contributed by atoms with Crippen LogP contribution in [0.3, 0.4) is 0 Å². The Kier molecular flexibility index (Phi) is 2.45. The fourth-order valence-electron chi connectivity index (χ4n) is 2.19. The van der Waals surface area contributed by atoms with Gasteiger partial charge in [0.15, 0.2) is 6.29 Å². The van der Waals surface area contributed by atoms with Crippen molar-refractivity contribution in [2.45, 2.75) is 6.92 Å². The Morgan fingerprint density at radius 3 is 2.89 bits per heavy atom. The summed E-state index contributed by atoms with van der Waals surface area (Å²) in [5.74, 6) is 0. The molecule has 0 fully saturated rings. The average molecular weight is 236 g/mol. The van der Waals surface area contributed by atoms with Gasteiger partial charge in [-0.05, 0) is 30.7 Å². The van der Waals surface area contributed by atoms with Crippen molar-refractivity contribution < 1.29 is 4.79 Å². The lowest BCUT2D eigenvalue weighted by molar-refractivity contribution is 0.112. The van der Waals surface area contributed by atoms with Crippen molar-refractivity contribution in [1.29, 1.82) is 0 Å². The van der Waals surface area contributed by atoms with Crippen LogP contribution in [-0.4, -0.2) is 16.3 Å². The van der Waals surface area contributed by atoms with E-state index in [1.54, 1.807) is 6.20 Å². The minimum absolute atomic E-state index is 0.670. The van der Waals surface area contributed by atoms with Crippen molar-refractivity contribution in [2.24, 2.45) is 0 Å². The van der Waals surface area contributed by atoms with Gasteiger partial charge in [-0.2, -0.15) is 0 Å². The molecule has 88 valence electrons. The molecule has 0 aliphatic heterocycles. The monoisotopic (exact) mass is 236 g/mol. The molecule has 0 unspecified atom stereocenters. The van der Waals surface area contributed by atoms with E-state index in [-0.39, 0.29) is 0 Å². The van der Waals surface area contributed by atoms with E-state index in [4.69, 9.17) is 0 Å². The van der Waals surface area contributed by atoms with Gasteiger partial charge in [-0.3, -0.25) is 4.79 Å². The van der Waals surface area contributed by atoms with E-state index in [0.29, 0.717) is 5.56 Å². The van der Waals surface area contributed by atoms with E-state index in [9.17, 15) is 4.79 Å². The van der Waals surface area contributed by atoms with Crippen molar-refractivity contribution in [2.75, 3.05) is 0 Å². The highest BCUT2D eigenvalue weighted by atomic mass is 16.1. The number of nitrogens with one attached hydrogen (secondary N) is 1. The molecule has 3 nitrogen and oxygen atoms in total. The van der Waals surface area contributed by atoms with Gasteiger partial charge in [0, 0.05) is 17.1 Å². The van der Waals surface area contributed by atoms with Crippen molar-refractivity contribution >= 4 is 17.3 Å². The Labute approximate surface area is 104 Å². The molecule has 18 heavy (non-hydrogen) atoms. The molecule has 2 heterocycles. The predicted octanol–water partition coefficient (Wildman–Crippen LogP) is 3.35. The molecule has 3 heteroatoms. The Morgan fingerprint density at radius 2 is 2.11 bits per heavy atom. The van der Waals surface area contributed by atoms with Crippen LogP contribution in [0.2, 0.25) is 0 Å². The molecule has 0 aliphatic carbocycles. The number of aryl methyl sites for hydroxylation is 1. The van der Waals surface area contributed by atoms with E-state index in [2.05, 4.69) is 16.0 Å². The lowest BCUT2D eigenvalue weighted by Crippen LogP contribution is -1.85. The number of hydrogen-bond donors (Lipinski definition) is 1. The Bertz CT molecular complexity index is 728. The molecule has 3 rings (SSSR count). The summed E-state index contributed by atoms with van der Waals surface area (Å²) in [5.41, 5.74) is 4.42. The lowest BCUT2D eigenvalue weighted by Gasteiger charge is -2.00. The number of hydrogen-bond acceptors (Lipinski definition) is 2. The molecule has 1 N–H and O–H groups in total. The van der Waals surface area contributed by atoms with Gasteiger partial charge in [-0.25, -0.2) is 4.98 Å². The molecule has 3 aromatic rings. The largest absolute Gasteiger partial charge is 0.339 e. The van der Waals surface area contributed by atoms with Gasteiger partial charge >= 0.3 is 0 Å². The third-order valence-corrected chi connectivity index (χ3v) is 3.04. The van der Waals surface area contributed by atoms with Crippen LogP contribution in [0.25, 0.3) is 22.3 Å². The number of aldehydes is 1. The van der Waals surface area contributed by atoms with Gasteiger partial charge in [-0.1, -0.05) is 23.8 Å². The van der Waals surface area contributed by atoms with Crippen LogP contribution in [0, 0.1) is 6.92 Å². The molecule has 2 aromatic heterocycles. The Balaban J connectivity index is 2.32. The third-order valence-electron chi connectivity index (χ3n) is 3.04. The predicted molar refractivity (Wildman–Crippen MR) is 71.7 cm³/mol. The van der Waals surface area contributed by atoms with Crippen LogP contribution in [-0.2, 0) is 0 Å². The Hall–Kier alpha value is -2.42. The number of carbonyl (C=O) groups excluding carboxylic acids is 1. The van der Waals surface area contributed by atoms with E-state index in [0.717, 1.165) is 34.1 Å². The first-order chi connectivity index (χ1) is 8.79. The zero-order valence-electron chi connectivity index (χ0n) is 9.97. The maximum absolute atomic E-state index is 11.3. The molecule has 0 saturated heterocycles. The van der Waals surface area contributed by atoms with E-state index < -0.39 is 0 Å². The van der Waals surface area contributed by atoms with Gasteiger partial charge in [-0.15, -0.1) is 0 Å². The van der Waals surface area contributed by atoms with Gasteiger partial charge in [0.05, 0.1) is 5.69 Å². The number of rotatable bonds is 2. The van der Waals surface area contributed by atoms with Gasteiger partial charge in [0.25, 0.3) is 0 Å². The highest BCUT2D eigenvalue weighted by molar-refractivity contribution is 6.03. The quantitative estimate of drug-likeness (QED) is 0.693. The number of carbonyl (C=O) groups is 1. The fourth-order valence-corrected chi connectivity index (χ4v) is 2.19. The lowest BCUT2D eigenvalue weighted by atomic mass is 10.0. The van der Waals surface area contributed by atoms with Crippen LogP contribution in [0.15, 0.2) is 42.6 Å². The first-order valence-electron chi connectivity index (χ1n) is 5.78. The maximum Gasteiger partial charge on any atom is 0.152 e. The number of H-pyrrole nitrogens is 1. The van der Waals surface area contributed by atoms with Gasteiger partial charge in [0.1, 0.15) is 5.65 Å². The van der Waals surface area contributed by atoms with E-state index in [1.807, 2.05) is 37.3 Å². The summed E-state index contributed by atoms with van der Waals surface area (Å²) in [7, 11) is 0. The fraction of sp³-hybridized carbons (Fsp3) is 0.0667. The SMILES string of the molecule is Cc1cccc(-c2[nH]c3ncccc3c2C=O)c1. The summed E-state index contributed by atoms with van der Waals surface area (Å²) in [4.78, 5) is 18.8. The van der Waals surface area contributed by atoms with Gasteiger partial charge in [0.2, 0.25) is 0 Å². The first-order valence-corrected chi connectivity index (χ1v) is 5.78. The number of aromatic nitrogens is 2. The minimum atomic E-state index is 0.670. The summed E-state index contributed by atoms with van der Waals surface area (Å²) < 4.78 is 0. The average Bonchev–Trinajstić information content (AvgIpc) is 2.77. The topological polar surface area (TPSA) is 45.8 Å². The standard InChI is InChI=1S/C15H12N2O/c1-10-4-2-5-11(8-10)14-13(9-18)12-6-3-7-16-15(12)17-14/h2-9H,1H3,(H,16,17). The molecular formula is C15H12N2O. The summed E-state index contributed by atoms with van der Waals surface area (Å²) >= 11 is 0. The molecule has 0 atom stereocenters. The van der Waals surface area contributed by atoms with Crippen LogP contribution in [0.4, 0.5) is 0 Å². The molecule has 0 aliphatic rings. The van der Waals surface area contributed by atoms with Crippen LogP contribution in [0.1, 0.15) is 15.9 Å². The number of pyridine rings is 1. The Morgan fingerprint density at radius 1 is 1.22 bits per heavy atom. The molecule has 1 aromatic carbocycles. The van der Waals surface area contributed by atoms with Crippen molar-refractivity contribution in [1.82, 2.24) is 9.97 Å². The minimum Gasteiger partial charge on any atom is -0.339 e. The van der Waals surface area contributed by atoms with E-state index in [1.165, 1.54) is 0 Å². The first kappa shape index (κ1) is 10.7. The zero-order valence-corrected chi connectivity index (χ0v) is 9.97. The maximum atomic E-state index is 11.3. The number of nitrogens with zero attached hydrogens (tertiary/aromatic N) is 1. The molecule has 0 spiro atoms. The smallest absolute Gasteiger partial charge is 0.152 e. The second kappa shape index (κ2) is 4.11. The summed E-state index contributed by atoms with van der Waals surface area (Å²) in [5, 5.41) is 0.865. The van der Waals surface area contributed by atoms with Crippen molar-refractivity contribution in [3.8, 4) is 11.3 Å². The summed E-state index contributed by atoms with van der Waals surface area (Å²) in [6.45, 7) is 2.03. The normalized spacial score (nSPS) is 10.7. The molecule has 0 amide bonds. The number of fused-ring (bicyclic) bond motifs is 1. The number of aromatic amines is 1. The van der Waals surface area contributed by atoms with Gasteiger partial charge < -0.3 is 4.98 Å². The molecule has 0 bridgehead atoms. The second-order valence-electron chi connectivity index (χ2n) is 4.30. The van der Waals surface area contributed by atoms with Crippen LogP contribution in [0.5, 0.6) is 0 Å². The van der Waals surface area contributed by atoms with Crippen molar-refractivity contribution in [3.05, 3.63) is 53.7 Å². The van der Waals surface area contributed by atoms with Crippen LogP contribution >= 0.6 is 0 Å². The molecule has 0 radical (unpaired) electrons. The zero-order chi connectivity index (χ0) is 12.5. The van der Waals surface area contributed by atoms with Crippen LogP contribution < -0.4 is 0 Å². The number of benzene rings is 1. The molecular weight excluding hydrogens is 224 g/mol. The highest BCUT2D eigenvalue weighted by Crippen LogP contribution is 2.28. The summed E-state index contributed by atoms with van der Waals surface area (Å²) in [6, 6.07) is 11.8. The van der Waals surface area contributed by atoms with Crippen molar-refractivity contribution in [3.63, 3.8) is 0 Å². The van der Waals surface area contributed by atoms with E-state index >= 15 is 0 Å². The summed E-state index contributed by atoms with van der Waals surface area (Å²) in [6.07, 6.45) is 2.60.